The van der Waals surface area contributed by atoms with Gasteiger partial charge in [-0.1, -0.05) is 36.4 Å². The lowest BCUT2D eigenvalue weighted by molar-refractivity contribution is -0.120. The zero-order chi connectivity index (χ0) is 16.6. The zero-order valence-electron chi connectivity index (χ0n) is 13.7. The first-order valence-corrected chi connectivity index (χ1v) is 9.22. The van der Waals surface area contributed by atoms with E-state index in [2.05, 4.69) is 40.7 Å². The van der Waals surface area contributed by atoms with Crippen molar-refractivity contribution in [3.63, 3.8) is 0 Å². The number of aromatic nitrogens is 2. The van der Waals surface area contributed by atoms with Gasteiger partial charge >= 0.3 is 0 Å². The van der Waals surface area contributed by atoms with Crippen LogP contribution in [0.2, 0.25) is 0 Å². The number of thioether (sulfide) groups is 1. The van der Waals surface area contributed by atoms with Gasteiger partial charge in [0.15, 0.2) is 0 Å². The van der Waals surface area contributed by atoms with E-state index in [0.717, 1.165) is 18.5 Å². The lowest BCUT2D eigenvalue weighted by Gasteiger charge is -2.31. The molecular formula is C19H21N3OS. The number of aromatic amines is 1. The SMILES string of the molecule is CC1(CN(C(=O)[C@H]2C[C@@H]2c2ccccc2)c2cn[nH]c2)CC=CS1. The van der Waals surface area contributed by atoms with Gasteiger partial charge in [-0.25, -0.2) is 0 Å². The Bertz CT molecular complexity index is 733. The second kappa shape index (κ2) is 6.13. The van der Waals surface area contributed by atoms with Crippen molar-refractivity contribution in [1.29, 1.82) is 0 Å². The number of hydrogen-bond acceptors (Lipinski definition) is 3. The third-order valence-corrected chi connectivity index (χ3v) is 6.08. The molecule has 1 unspecified atom stereocenters. The highest BCUT2D eigenvalue weighted by molar-refractivity contribution is 8.03. The summed E-state index contributed by atoms with van der Waals surface area (Å²) < 4.78 is 0.0457. The van der Waals surface area contributed by atoms with E-state index in [1.54, 1.807) is 6.20 Å². The number of nitrogens with one attached hydrogen (secondary N) is 1. The van der Waals surface area contributed by atoms with Crippen LogP contribution in [0.3, 0.4) is 0 Å². The number of amides is 1. The van der Waals surface area contributed by atoms with Gasteiger partial charge < -0.3 is 4.90 Å². The normalized spacial score (nSPS) is 28.0. The van der Waals surface area contributed by atoms with Gasteiger partial charge in [0.2, 0.25) is 5.91 Å². The average molecular weight is 339 g/mol. The predicted molar refractivity (Wildman–Crippen MR) is 98.0 cm³/mol. The molecule has 1 saturated carbocycles. The quantitative estimate of drug-likeness (QED) is 0.897. The third-order valence-electron chi connectivity index (χ3n) is 4.89. The molecule has 1 amide bonds. The Kier molecular flexibility index (Phi) is 3.96. The van der Waals surface area contributed by atoms with E-state index >= 15 is 0 Å². The molecule has 1 aromatic carbocycles. The summed E-state index contributed by atoms with van der Waals surface area (Å²) in [6.07, 6.45) is 7.68. The van der Waals surface area contributed by atoms with E-state index in [-0.39, 0.29) is 16.6 Å². The van der Waals surface area contributed by atoms with E-state index in [1.807, 2.05) is 41.1 Å². The molecule has 1 aliphatic heterocycles. The van der Waals surface area contributed by atoms with Gasteiger partial charge in [-0.05, 0) is 36.7 Å². The van der Waals surface area contributed by atoms with Gasteiger partial charge in [0.25, 0.3) is 0 Å². The Morgan fingerprint density at radius 1 is 1.42 bits per heavy atom. The minimum atomic E-state index is 0.0457. The molecule has 2 heterocycles. The van der Waals surface area contributed by atoms with Gasteiger partial charge in [-0.3, -0.25) is 9.89 Å². The van der Waals surface area contributed by atoms with Crippen molar-refractivity contribution < 1.29 is 4.79 Å². The van der Waals surface area contributed by atoms with Crippen LogP contribution in [0.4, 0.5) is 5.69 Å². The largest absolute Gasteiger partial charge is 0.308 e. The average Bonchev–Trinajstić information content (AvgIpc) is 2.99. The molecule has 2 aliphatic rings. The first kappa shape index (κ1) is 15.5. The molecule has 2 aromatic rings. The molecule has 1 aliphatic carbocycles. The molecule has 5 heteroatoms. The second-order valence-corrected chi connectivity index (χ2v) is 8.38. The van der Waals surface area contributed by atoms with Crippen molar-refractivity contribution in [3.05, 3.63) is 59.8 Å². The Balaban J connectivity index is 1.52. The standard InChI is InChI=1S/C19H21N3OS/c1-19(8-5-9-24-19)13-22(15-11-20-21-12-15)18(23)17-10-16(17)14-6-3-2-4-7-14/h2-7,9,11-12,16-17H,8,10,13H2,1H3,(H,20,21)/t16-,17+,19?/m1/s1. The van der Waals surface area contributed by atoms with Crippen LogP contribution in [0.15, 0.2) is 54.2 Å². The smallest absolute Gasteiger partial charge is 0.230 e. The number of carbonyl (C=O) groups excluding carboxylic acids is 1. The molecular weight excluding hydrogens is 318 g/mol. The highest BCUT2D eigenvalue weighted by atomic mass is 32.2. The minimum absolute atomic E-state index is 0.0457. The van der Waals surface area contributed by atoms with E-state index in [4.69, 9.17) is 0 Å². The number of benzene rings is 1. The Labute approximate surface area is 146 Å². The first-order valence-electron chi connectivity index (χ1n) is 8.34. The number of carbonyl (C=O) groups is 1. The van der Waals surface area contributed by atoms with Crippen molar-refractivity contribution in [2.75, 3.05) is 11.4 Å². The lowest BCUT2D eigenvalue weighted by Crippen LogP contribution is -2.42. The predicted octanol–water partition coefficient (Wildman–Crippen LogP) is 3.96. The summed E-state index contributed by atoms with van der Waals surface area (Å²) in [5, 5.41) is 9.02. The number of nitrogens with zero attached hydrogens (tertiary/aromatic N) is 2. The number of rotatable bonds is 5. The monoisotopic (exact) mass is 339 g/mol. The van der Waals surface area contributed by atoms with Crippen molar-refractivity contribution in [2.45, 2.75) is 30.4 Å². The van der Waals surface area contributed by atoms with Crippen LogP contribution >= 0.6 is 11.8 Å². The van der Waals surface area contributed by atoms with Gasteiger partial charge in [-0.15, -0.1) is 11.8 Å². The molecule has 0 radical (unpaired) electrons. The molecule has 0 bridgehead atoms. The molecule has 0 saturated heterocycles. The van der Waals surface area contributed by atoms with Gasteiger partial charge in [0.05, 0.1) is 11.9 Å². The fourth-order valence-corrected chi connectivity index (χ4v) is 4.34. The van der Waals surface area contributed by atoms with E-state index in [9.17, 15) is 4.79 Å². The Hall–Kier alpha value is -2.01. The van der Waals surface area contributed by atoms with Gasteiger partial charge in [0.1, 0.15) is 0 Å². The first-order chi connectivity index (χ1) is 11.7. The summed E-state index contributed by atoms with van der Waals surface area (Å²) >= 11 is 1.81. The maximum absolute atomic E-state index is 13.2. The maximum atomic E-state index is 13.2. The third kappa shape index (κ3) is 3.00. The Morgan fingerprint density at radius 2 is 2.25 bits per heavy atom. The molecule has 4 nitrogen and oxygen atoms in total. The summed E-state index contributed by atoms with van der Waals surface area (Å²) in [7, 11) is 0. The topological polar surface area (TPSA) is 49.0 Å². The number of hydrogen-bond donors (Lipinski definition) is 1. The fraction of sp³-hybridized carbons (Fsp3) is 0.368. The summed E-state index contributed by atoms with van der Waals surface area (Å²) in [4.78, 5) is 15.1. The van der Waals surface area contributed by atoms with Crippen molar-refractivity contribution in [2.24, 2.45) is 5.92 Å². The van der Waals surface area contributed by atoms with Crippen molar-refractivity contribution in [3.8, 4) is 0 Å². The zero-order valence-corrected chi connectivity index (χ0v) is 14.5. The molecule has 24 heavy (non-hydrogen) atoms. The van der Waals surface area contributed by atoms with Crippen LogP contribution in [0.1, 0.15) is 31.2 Å². The van der Waals surface area contributed by atoms with Crippen LogP contribution in [0.5, 0.6) is 0 Å². The highest BCUT2D eigenvalue weighted by Gasteiger charge is 2.47. The minimum Gasteiger partial charge on any atom is -0.308 e. The van der Waals surface area contributed by atoms with Gasteiger partial charge in [-0.2, -0.15) is 5.10 Å². The number of H-pyrrole nitrogens is 1. The van der Waals surface area contributed by atoms with Crippen LogP contribution in [-0.4, -0.2) is 27.4 Å². The summed E-state index contributed by atoms with van der Waals surface area (Å²) in [6, 6.07) is 10.4. The number of anilines is 1. The van der Waals surface area contributed by atoms with E-state index < -0.39 is 0 Å². The fourth-order valence-electron chi connectivity index (χ4n) is 3.42. The molecule has 124 valence electrons. The molecule has 4 rings (SSSR count). The van der Waals surface area contributed by atoms with Crippen molar-refractivity contribution >= 4 is 23.4 Å². The molecule has 0 spiro atoms. The molecule has 1 fully saturated rings. The molecule has 1 N–H and O–H groups in total. The number of allylic oxidation sites excluding steroid dienone is 1. The molecule has 3 atom stereocenters. The summed E-state index contributed by atoms with van der Waals surface area (Å²) in [6.45, 7) is 2.93. The summed E-state index contributed by atoms with van der Waals surface area (Å²) in [5.74, 6) is 0.666. The second-order valence-electron chi connectivity index (χ2n) is 6.88. The lowest BCUT2D eigenvalue weighted by atomic mass is 10.1. The molecule has 1 aromatic heterocycles. The maximum Gasteiger partial charge on any atom is 0.230 e. The summed E-state index contributed by atoms with van der Waals surface area (Å²) in [5.41, 5.74) is 2.14. The van der Waals surface area contributed by atoms with Crippen molar-refractivity contribution in [1.82, 2.24) is 10.2 Å². The van der Waals surface area contributed by atoms with Crippen LogP contribution in [0, 0.1) is 5.92 Å². The Morgan fingerprint density at radius 3 is 2.92 bits per heavy atom. The van der Waals surface area contributed by atoms with Crippen LogP contribution in [-0.2, 0) is 4.79 Å². The van der Waals surface area contributed by atoms with Gasteiger partial charge in [0, 0.05) is 23.4 Å². The van der Waals surface area contributed by atoms with E-state index in [1.165, 1.54) is 5.56 Å². The van der Waals surface area contributed by atoms with E-state index in [0.29, 0.717) is 12.5 Å². The highest BCUT2D eigenvalue weighted by Crippen LogP contribution is 2.49. The van der Waals surface area contributed by atoms with Crippen LogP contribution < -0.4 is 4.90 Å². The van der Waals surface area contributed by atoms with Crippen LogP contribution in [0.25, 0.3) is 0 Å².